The average molecular weight is 777 g/mol. The minimum absolute atomic E-state index is 0.258. The third kappa shape index (κ3) is 13.7. The van der Waals surface area contributed by atoms with Gasteiger partial charge in [-0.3, -0.25) is 29.3 Å². The SMILES string of the molecule is CC.CC=N.CCn1nc(C)cc1C(=O)Nc1nc2cc(C(N)=O)cc(OCCCN3CCOCC3)c2n1C/C=C/CN(C)c1ncc(C=O)cc1C.COC. The summed E-state index contributed by atoms with van der Waals surface area (Å²) in [5.41, 5.74) is 9.60. The molecule has 0 unspecified atom stereocenters. The highest BCUT2D eigenvalue weighted by atomic mass is 16.5. The molecule has 4 N–H and O–H groups in total. The maximum Gasteiger partial charge on any atom is 0.276 e. The lowest BCUT2D eigenvalue weighted by Gasteiger charge is -2.26. The third-order valence-electron chi connectivity index (χ3n) is 8.13. The van der Waals surface area contributed by atoms with Crippen LogP contribution in [0.25, 0.3) is 11.0 Å². The second-order valence-corrected chi connectivity index (χ2v) is 12.4. The van der Waals surface area contributed by atoms with E-state index in [4.69, 9.17) is 25.6 Å². The summed E-state index contributed by atoms with van der Waals surface area (Å²) >= 11 is 0. The van der Waals surface area contributed by atoms with Crippen LogP contribution in [0.1, 0.15) is 76.6 Å². The standard InChI is InChI=1S/C34H43N9O5.C2H5N.C2H6O.C2H6/c1-5-43-28(18-24(3)39-43)33(46)38-34-37-27-19-26(31(35)45)20-29(48-14-8-10-41-12-15-47-16-13-41)30(27)42(34)11-7-6-9-40(4)32-23(2)17-25(22-44)21-36-32;1-2-3;1-3-2;1-2/h6-7,17-22H,5,8-16H2,1-4H3,(H2,35,45)(H,37,38,46);2-3H,1H3;1-2H3;1-2H3/b7-6+;;;. The van der Waals surface area contributed by atoms with E-state index in [1.165, 1.54) is 6.21 Å². The number of amides is 2. The van der Waals surface area contributed by atoms with Crippen molar-refractivity contribution in [1.82, 2.24) is 29.2 Å². The van der Waals surface area contributed by atoms with Gasteiger partial charge in [0.2, 0.25) is 11.9 Å². The zero-order chi connectivity index (χ0) is 41.6. The first-order chi connectivity index (χ1) is 27.0. The molecule has 1 fully saturated rings. The van der Waals surface area contributed by atoms with Crippen LogP contribution in [0.2, 0.25) is 0 Å². The van der Waals surface area contributed by atoms with Gasteiger partial charge in [-0.2, -0.15) is 5.10 Å². The molecule has 0 atom stereocenters. The Morgan fingerprint density at radius 1 is 1.11 bits per heavy atom. The molecule has 16 nitrogen and oxygen atoms in total. The number of pyridine rings is 1. The molecular formula is C40H60N10O6. The maximum atomic E-state index is 13.5. The van der Waals surface area contributed by atoms with Gasteiger partial charge in [-0.25, -0.2) is 9.97 Å². The first-order valence-corrected chi connectivity index (χ1v) is 18.8. The smallest absolute Gasteiger partial charge is 0.276 e. The van der Waals surface area contributed by atoms with Crippen molar-refractivity contribution in [2.75, 3.05) is 77.5 Å². The number of benzene rings is 1. The van der Waals surface area contributed by atoms with Gasteiger partial charge in [0.1, 0.15) is 22.8 Å². The Bertz CT molecular complexity index is 1880. The number of hydrogen-bond acceptors (Lipinski definition) is 12. The Morgan fingerprint density at radius 3 is 2.39 bits per heavy atom. The van der Waals surface area contributed by atoms with E-state index in [1.807, 2.05) is 63.3 Å². The van der Waals surface area contributed by atoms with Crippen molar-refractivity contribution in [2.24, 2.45) is 5.73 Å². The number of nitrogens with one attached hydrogen (secondary N) is 2. The second-order valence-electron chi connectivity index (χ2n) is 12.4. The molecule has 56 heavy (non-hydrogen) atoms. The number of rotatable bonds is 15. The van der Waals surface area contributed by atoms with Crippen LogP contribution in [0.15, 0.2) is 42.6 Å². The number of aldehydes is 1. The summed E-state index contributed by atoms with van der Waals surface area (Å²) in [6.07, 6.45) is 8.31. The van der Waals surface area contributed by atoms with Crippen LogP contribution in [-0.2, 0) is 22.6 Å². The predicted molar refractivity (Wildman–Crippen MR) is 222 cm³/mol. The minimum Gasteiger partial charge on any atom is -0.491 e. The van der Waals surface area contributed by atoms with Crippen LogP contribution in [0.5, 0.6) is 5.75 Å². The molecule has 0 saturated carbocycles. The van der Waals surface area contributed by atoms with E-state index in [0.29, 0.717) is 54.3 Å². The number of allylic oxidation sites excluding steroid dienone is 1. The molecule has 3 aromatic heterocycles. The number of fused-ring (bicyclic) bond motifs is 1. The zero-order valence-electron chi connectivity index (χ0n) is 34.4. The topological polar surface area (TPSA) is 196 Å². The number of aryl methyl sites for hydroxylation is 3. The van der Waals surface area contributed by atoms with Gasteiger partial charge in [-0.05, 0) is 70.2 Å². The Balaban J connectivity index is 0.00000125. The average Bonchev–Trinajstić information content (AvgIpc) is 3.75. The van der Waals surface area contributed by atoms with E-state index in [2.05, 4.69) is 25.0 Å². The molecule has 5 rings (SSSR count). The molecule has 0 spiro atoms. The van der Waals surface area contributed by atoms with Crippen molar-refractivity contribution < 1.29 is 28.6 Å². The first kappa shape index (κ1) is 46.7. The molecule has 1 aliphatic heterocycles. The van der Waals surface area contributed by atoms with E-state index in [9.17, 15) is 14.4 Å². The van der Waals surface area contributed by atoms with Gasteiger partial charge in [0, 0.05) is 77.9 Å². The summed E-state index contributed by atoms with van der Waals surface area (Å²) in [5.74, 6) is 0.537. The molecule has 306 valence electrons. The summed E-state index contributed by atoms with van der Waals surface area (Å²) in [5, 5.41) is 13.5. The third-order valence-corrected chi connectivity index (χ3v) is 8.13. The molecule has 1 saturated heterocycles. The number of methoxy groups -OCH3 is 1. The number of nitrogens with zero attached hydrogens (tertiary/aromatic N) is 7. The molecule has 4 heterocycles. The van der Waals surface area contributed by atoms with Crippen molar-refractivity contribution in [1.29, 1.82) is 5.41 Å². The highest BCUT2D eigenvalue weighted by Gasteiger charge is 2.22. The highest BCUT2D eigenvalue weighted by Crippen LogP contribution is 2.31. The van der Waals surface area contributed by atoms with E-state index >= 15 is 0 Å². The van der Waals surface area contributed by atoms with Gasteiger partial charge in [-0.15, -0.1) is 0 Å². The summed E-state index contributed by atoms with van der Waals surface area (Å²) in [6.45, 7) is 17.2. The van der Waals surface area contributed by atoms with Crippen molar-refractivity contribution in [3.8, 4) is 5.75 Å². The number of hydrogen-bond donors (Lipinski definition) is 3. The summed E-state index contributed by atoms with van der Waals surface area (Å²) in [6, 6.07) is 6.78. The highest BCUT2D eigenvalue weighted by molar-refractivity contribution is 6.04. The predicted octanol–water partition coefficient (Wildman–Crippen LogP) is 5.17. The Labute approximate surface area is 330 Å². The van der Waals surface area contributed by atoms with Gasteiger partial charge < -0.3 is 34.8 Å². The Kier molecular flexibility index (Phi) is 20.7. The van der Waals surface area contributed by atoms with Crippen molar-refractivity contribution >= 4 is 47.1 Å². The van der Waals surface area contributed by atoms with Crippen LogP contribution < -0.4 is 20.7 Å². The van der Waals surface area contributed by atoms with Gasteiger partial charge in [-0.1, -0.05) is 26.0 Å². The monoisotopic (exact) mass is 776 g/mol. The van der Waals surface area contributed by atoms with Crippen LogP contribution in [0.3, 0.4) is 0 Å². The molecule has 0 aliphatic carbocycles. The molecule has 1 aliphatic rings. The largest absolute Gasteiger partial charge is 0.491 e. The number of nitrogens with two attached hydrogens (primary N) is 1. The molecule has 0 radical (unpaired) electrons. The number of likely N-dealkylation sites (N-methyl/N-ethyl adjacent to an activating group) is 1. The van der Waals surface area contributed by atoms with Crippen LogP contribution in [-0.4, -0.2) is 121 Å². The van der Waals surface area contributed by atoms with E-state index in [-0.39, 0.29) is 17.4 Å². The Morgan fingerprint density at radius 2 is 1.79 bits per heavy atom. The van der Waals surface area contributed by atoms with Crippen LogP contribution in [0.4, 0.5) is 11.8 Å². The number of morpholine rings is 1. The quantitative estimate of drug-likeness (QED) is 0.0624. The van der Waals surface area contributed by atoms with Crippen molar-refractivity contribution in [3.05, 3.63) is 70.7 Å². The maximum absolute atomic E-state index is 13.5. The lowest BCUT2D eigenvalue weighted by Crippen LogP contribution is -2.37. The minimum atomic E-state index is -0.606. The normalized spacial score (nSPS) is 12.4. The van der Waals surface area contributed by atoms with E-state index in [1.54, 1.807) is 56.3 Å². The lowest BCUT2D eigenvalue weighted by molar-refractivity contribution is 0.0358. The van der Waals surface area contributed by atoms with Crippen molar-refractivity contribution in [2.45, 2.75) is 61.1 Å². The summed E-state index contributed by atoms with van der Waals surface area (Å²) in [7, 11) is 5.17. The van der Waals surface area contributed by atoms with Crippen molar-refractivity contribution in [3.63, 3.8) is 0 Å². The fourth-order valence-electron chi connectivity index (χ4n) is 5.74. The number of carbonyl (C=O) groups is 3. The van der Waals surface area contributed by atoms with E-state index < -0.39 is 5.91 Å². The molecule has 16 heteroatoms. The summed E-state index contributed by atoms with van der Waals surface area (Å²) < 4.78 is 19.5. The molecule has 4 aromatic rings. The van der Waals surface area contributed by atoms with Gasteiger partial charge >= 0.3 is 0 Å². The fraction of sp³-hybridized carbons (Fsp3) is 0.475. The van der Waals surface area contributed by atoms with Crippen LogP contribution >= 0.6 is 0 Å². The van der Waals surface area contributed by atoms with Gasteiger partial charge in [0.15, 0.2) is 6.29 Å². The number of carbonyl (C=O) groups excluding carboxylic acids is 3. The summed E-state index contributed by atoms with van der Waals surface area (Å²) in [4.78, 5) is 50.5. The van der Waals surface area contributed by atoms with Gasteiger partial charge in [0.25, 0.3) is 5.91 Å². The first-order valence-electron chi connectivity index (χ1n) is 18.8. The zero-order valence-corrected chi connectivity index (χ0v) is 34.4. The fourth-order valence-corrected chi connectivity index (χ4v) is 5.74. The number of imidazole rings is 1. The number of primary amides is 1. The molecule has 0 bridgehead atoms. The number of anilines is 2. The number of aromatic nitrogens is 5. The molecular weight excluding hydrogens is 717 g/mol. The van der Waals surface area contributed by atoms with Crippen LogP contribution in [0, 0.1) is 19.3 Å². The van der Waals surface area contributed by atoms with Gasteiger partial charge in [0.05, 0.1) is 31.0 Å². The second kappa shape index (κ2) is 24.9. The molecule has 2 amide bonds. The number of ether oxygens (including phenoxy) is 3. The Hall–Kier alpha value is -5.45. The molecule has 1 aromatic carbocycles. The lowest BCUT2D eigenvalue weighted by atomic mass is 10.1. The van der Waals surface area contributed by atoms with E-state index in [0.717, 1.165) is 62.6 Å².